The van der Waals surface area contributed by atoms with Gasteiger partial charge in [-0.3, -0.25) is 4.40 Å². The second kappa shape index (κ2) is 5.22. The van der Waals surface area contributed by atoms with Crippen LogP contribution in [0.5, 0.6) is 5.88 Å². The molecule has 0 aliphatic heterocycles. The summed E-state index contributed by atoms with van der Waals surface area (Å²) in [4.78, 5) is 15.7. The van der Waals surface area contributed by atoms with Gasteiger partial charge in [-0.05, 0) is 12.0 Å². The van der Waals surface area contributed by atoms with Gasteiger partial charge >= 0.3 is 5.97 Å². The molecule has 18 heavy (non-hydrogen) atoms. The van der Waals surface area contributed by atoms with Gasteiger partial charge < -0.3 is 9.84 Å². The molecule has 2 rings (SSSR count). The van der Waals surface area contributed by atoms with Gasteiger partial charge in [0.05, 0.1) is 6.61 Å². The molecular weight excluding hydrogens is 252 g/mol. The molecule has 1 N–H and O–H groups in total. The van der Waals surface area contributed by atoms with E-state index in [1.165, 1.54) is 17.4 Å². The van der Waals surface area contributed by atoms with E-state index in [0.717, 1.165) is 11.0 Å². The number of fused-ring (bicyclic) bond motifs is 1. The molecule has 0 unspecified atom stereocenters. The zero-order valence-corrected chi connectivity index (χ0v) is 11.0. The Morgan fingerprint density at radius 1 is 1.67 bits per heavy atom. The monoisotopic (exact) mass is 266 g/mol. The fourth-order valence-corrected chi connectivity index (χ4v) is 2.15. The Morgan fingerprint density at radius 2 is 2.44 bits per heavy atom. The van der Waals surface area contributed by atoms with Gasteiger partial charge in [0.2, 0.25) is 5.88 Å². The highest BCUT2D eigenvalue weighted by Gasteiger charge is 2.12. The lowest BCUT2D eigenvalue weighted by atomic mass is 10.2. The fraction of sp³-hybridized carbons (Fsp3) is 0.333. The van der Waals surface area contributed by atoms with Crippen LogP contribution in [0.15, 0.2) is 17.7 Å². The third kappa shape index (κ3) is 2.70. The molecule has 0 saturated carbocycles. The maximum atomic E-state index is 10.6. The van der Waals surface area contributed by atoms with Crippen molar-refractivity contribution < 1.29 is 14.6 Å². The maximum absolute atomic E-state index is 10.6. The summed E-state index contributed by atoms with van der Waals surface area (Å²) in [6.45, 7) is 4.65. The van der Waals surface area contributed by atoms with Gasteiger partial charge in [0.25, 0.3) is 0 Å². The average Bonchev–Trinajstić information content (AvgIpc) is 2.83. The van der Waals surface area contributed by atoms with Crippen LogP contribution in [0, 0.1) is 5.92 Å². The van der Waals surface area contributed by atoms with E-state index in [2.05, 4.69) is 4.98 Å². The molecule has 0 aromatic carbocycles. The molecule has 0 atom stereocenters. The standard InChI is InChI=1S/C12H14N2O3S/c1-8(2)7-17-11-9(3-4-10(15)16)14-5-6-18-12(14)13-11/h3-6,8H,7H2,1-2H3,(H,15,16). The number of aromatic nitrogens is 2. The maximum Gasteiger partial charge on any atom is 0.328 e. The summed E-state index contributed by atoms with van der Waals surface area (Å²) in [6.07, 6.45) is 4.44. The molecular formula is C12H14N2O3S. The van der Waals surface area contributed by atoms with Gasteiger partial charge in [0.15, 0.2) is 4.96 Å². The average molecular weight is 266 g/mol. The van der Waals surface area contributed by atoms with Crippen LogP contribution in [-0.4, -0.2) is 27.1 Å². The highest BCUT2D eigenvalue weighted by Crippen LogP contribution is 2.24. The number of hydrogen-bond acceptors (Lipinski definition) is 4. The molecule has 96 valence electrons. The molecule has 0 spiro atoms. The first-order valence-electron chi connectivity index (χ1n) is 5.57. The van der Waals surface area contributed by atoms with E-state index in [0.29, 0.717) is 24.1 Å². The van der Waals surface area contributed by atoms with Gasteiger partial charge in [0.1, 0.15) is 5.69 Å². The van der Waals surface area contributed by atoms with Crippen molar-refractivity contribution in [2.24, 2.45) is 5.92 Å². The minimum absolute atomic E-state index is 0.390. The molecule has 0 amide bonds. The Balaban J connectivity index is 2.35. The molecule has 0 aliphatic rings. The van der Waals surface area contributed by atoms with Crippen LogP contribution in [0.2, 0.25) is 0 Å². The summed E-state index contributed by atoms with van der Waals surface area (Å²) in [5, 5.41) is 10.6. The van der Waals surface area contributed by atoms with E-state index >= 15 is 0 Å². The van der Waals surface area contributed by atoms with E-state index in [4.69, 9.17) is 9.84 Å². The highest BCUT2D eigenvalue weighted by molar-refractivity contribution is 7.15. The van der Waals surface area contributed by atoms with Crippen molar-refractivity contribution in [3.8, 4) is 5.88 Å². The number of carboxylic acid groups (broad SMARTS) is 1. The van der Waals surface area contributed by atoms with Crippen LogP contribution in [-0.2, 0) is 4.79 Å². The first kappa shape index (κ1) is 12.6. The van der Waals surface area contributed by atoms with Crippen molar-refractivity contribution in [2.45, 2.75) is 13.8 Å². The lowest BCUT2D eigenvalue weighted by Crippen LogP contribution is -2.05. The molecule has 0 saturated heterocycles. The van der Waals surface area contributed by atoms with Crippen molar-refractivity contribution in [3.05, 3.63) is 23.3 Å². The number of aliphatic carboxylic acids is 1. The number of ether oxygens (including phenoxy) is 1. The minimum atomic E-state index is -0.991. The van der Waals surface area contributed by atoms with Crippen molar-refractivity contribution in [1.29, 1.82) is 0 Å². The number of hydrogen-bond donors (Lipinski definition) is 1. The molecule has 0 fully saturated rings. The van der Waals surface area contributed by atoms with Gasteiger partial charge in [-0.15, -0.1) is 11.3 Å². The predicted molar refractivity (Wildman–Crippen MR) is 70.1 cm³/mol. The van der Waals surface area contributed by atoms with Crippen LogP contribution in [0.25, 0.3) is 11.0 Å². The van der Waals surface area contributed by atoms with Gasteiger partial charge in [0, 0.05) is 17.7 Å². The topological polar surface area (TPSA) is 63.8 Å². The van der Waals surface area contributed by atoms with Gasteiger partial charge in [-0.25, -0.2) is 4.79 Å². The molecule has 2 aromatic heterocycles. The van der Waals surface area contributed by atoms with Crippen LogP contribution in [0.1, 0.15) is 19.5 Å². The van der Waals surface area contributed by atoms with Crippen molar-refractivity contribution in [2.75, 3.05) is 6.61 Å². The SMILES string of the molecule is CC(C)COc1nc2sccn2c1C=CC(=O)O. The summed E-state index contributed by atoms with van der Waals surface area (Å²) in [6, 6.07) is 0. The van der Waals surface area contributed by atoms with E-state index in [9.17, 15) is 4.79 Å². The Hall–Kier alpha value is -1.82. The summed E-state index contributed by atoms with van der Waals surface area (Å²) in [7, 11) is 0. The van der Waals surface area contributed by atoms with Crippen LogP contribution in [0.3, 0.4) is 0 Å². The predicted octanol–water partition coefficient (Wildman–Crippen LogP) is 2.53. The number of nitrogens with zero attached hydrogens (tertiary/aromatic N) is 2. The number of rotatable bonds is 5. The Kier molecular flexibility index (Phi) is 3.66. The van der Waals surface area contributed by atoms with Crippen molar-refractivity contribution in [1.82, 2.24) is 9.38 Å². The third-order valence-corrected chi connectivity index (χ3v) is 2.96. The van der Waals surface area contributed by atoms with Crippen LogP contribution in [0.4, 0.5) is 0 Å². The zero-order valence-electron chi connectivity index (χ0n) is 10.2. The summed E-state index contributed by atoms with van der Waals surface area (Å²) >= 11 is 1.48. The van der Waals surface area contributed by atoms with Crippen LogP contribution >= 0.6 is 11.3 Å². The van der Waals surface area contributed by atoms with E-state index in [1.54, 1.807) is 0 Å². The lowest BCUT2D eigenvalue weighted by molar-refractivity contribution is -0.131. The lowest BCUT2D eigenvalue weighted by Gasteiger charge is -2.06. The molecule has 2 aromatic rings. The summed E-state index contributed by atoms with van der Waals surface area (Å²) < 4.78 is 7.42. The van der Waals surface area contributed by atoms with Gasteiger partial charge in [-0.1, -0.05) is 13.8 Å². The molecule has 2 heterocycles. The number of imidazole rings is 1. The fourth-order valence-electron chi connectivity index (χ4n) is 1.44. The van der Waals surface area contributed by atoms with Crippen molar-refractivity contribution >= 4 is 28.3 Å². The molecule has 5 nitrogen and oxygen atoms in total. The molecule has 0 radical (unpaired) electrons. The number of thiazole rings is 1. The Morgan fingerprint density at radius 3 is 3.11 bits per heavy atom. The largest absolute Gasteiger partial charge is 0.478 e. The molecule has 0 aliphatic carbocycles. The third-order valence-electron chi connectivity index (χ3n) is 2.20. The zero-order chi connectivity index (χ0) is 13.1. The van der Waals surface area contributed by atoms with E-state index in [-0.39, 0.29) is 0 Å². The van der Waals surface area contributed by atoms with Crippen LogP contribution < -0.4 is 4.74 Å². The number of carboxylic acids is 1. The normalized spacial score (nSPS) is 11.7. The first-order valence-corrected chi connectivity index (χ1v) is 6.45. The Labute approximate surface area is 108 Å². The molecule has 0 bridgehead atoms. The quantitative estimate of drug-likeness (QED) is 0.845. The van der Waals surface area contributed by atoms with E-state index < -0.39 is 5.97 Å². The minimum Gasteiger partial charge on any atom is -0.478 e. The summed E-state index contributed by atoms with van der Waals surface area (Å²) in [5.41, 5.74) is 0.661. The first-order chi connectivity index (χ1) is 8.58. The Bertz CT molecular complexity index is 583. The smallest absolute Gasteiger partial charge is 0.328 e. The second-order valence-corrected chi connectivity index (χ2v) is 5.11. The summed E-state index contributed by atoms with van der Waals surface area (Å²) in [5.74, 6) is -0.121. The second-order valence-electron chi connectivity index (χ2n) is 4.23. The van der Waals surface area contributed by atoms with E-state index in [1.807, 2.05) is 29.8 Å². The highest BCUT2D eigenvalue weighted by atomic mass is 32.1. The van der Waals surface area contributed by atoms with Crippen molar-refractivity contribution in [3.63, 3.8) is 0 Å². The van der Waals surface area contributed by atoms with Gasteiger partial charge in [-0.2, -0.15) is 4.98 Å². The molecule has 6 heteroatoms. The number of carbonyl (C=O) groups is 1.